The number of likely N-dealkylation sites (N-methyl/N-ethyl adjacent to an activating group) is 1. The van der Waals surface area contributed by atoms with Crippen molar-refractivity contribution in [2.45, 2.75) is 19.9 Å². The number of rotatable bonds is 8. The Morgan fingerprint density at radius 1 is 1.26 bits per heavy atom. The molecule has 0 radical (unpaired) electrons. The molecule has 0 fully saturated rings. The Kier molecular flexibility index (Phi) is 6.97. The Morgan fingerprint density at radius 3 is 2.70 bits per heavy atom. The number of aromatic nitrogens is 2. The predicted molar refractivity (Wildman–Crippen MR) is 89.1 cm³/mol. The number of ether oxygens (including phenoxy) is 1. The quantitative estimate of drug-likeness (QED) is 0.695. The largest absolute Gasteiger partial charge is 0.464 e. The molecule has 0 saturated carbocycles. The molecule has 6 heteroatoms. The molecule has 1 heterocycles. The van der Waals surface area contributed by atoms with Crippen molar-refractivity contribution in [1.29, 1.82) is 0 Å². The van der Waals surface area contributed by atoms with Crippen molar-refractivity contribution in [1.82, 2.24) is 14.9 Å². The molecule has 122 valence electrons. The number of carbonyl (C=O) groups is 1. The molecule has 0 atom stereocenters. The van der Waals surface area contributed by atoms with E-state index in [1.807, 2.05) is 36.1 Å². The summed E-state index contributed by atoms with van der Waals surface area (Å²) in [4.78, 5) is 22.1. The molecule has 0 unspecified atom stereocenters. The lowest BCUT2D eigenvalue weighted by molar-refractivity contribution is -0.145. The fraction of sp³-hybridized carbons (Fsp3) is 0.353. The lowest BCUT2D eigenvalue weighted by atomic mass is 10.2. The Hall–Kier alpha value is -1.98. The van der Waals surface area contributed by atoms with Crippen molar-refractivity contribution in [3.63, 3.8) is 0 Å². The van der Waals surface area contributed by atoms with E-state index >= 15 is 0 Å². The summed E-state index contributed by atoms with van der Waals surface area (Å²) in [5, 5.41) is 0.709. The molecule has 23 heavy (non-hydrogen) atoms. The van der Waals surface area contributed by atoms with Gasteiger partial charge in [0, 0.05) is 36.6 Å². The highest BCUT2D eigenvalue weighted by atomic mass is 35.5. The van der Waals surface area contributed by atoms with E-state index in [1.54, 1.807) is 18.6 Å². The van der Waals surface area contributed by atoms with Gasteiger partial charge in [0.1, 0.15) is 0 Å². The second kappa shape index (κ2) is 9.22. The zero-order valence-electron chi connectivity index (χ0n) is 13.1. The minimum absolute atomic E-state index is 0.232. The van der Waals surface area contributed by atoms with Gasteiger partial charge < -0.3 is 4.74 Å². The average molecular weight is 334 g/mol. The second-order valence-electron chi connectivity index (χ2n) is 5.10. The van der Waals surface area contributed by atoms with E-state index in [-0.39, 0.29) is 12.5 Å². The smallest absolute Gasteiger partial charge is 0.320 e. The van der Waals surface area contributed by atoms with Gasteiger partial charge >= 0.3 is 5.97 Å². The lowest BCUT2D eigenvalue weighted by Gasteiger charge is -2.19. The Bertz CT molecular complexity index is 605. The molecular formula is C17H20ClN3O2. The van der Waals surface area contributed by atoms with Crippen LogP contribution in [-0.4, -0.2) is 40.5 Å². The van der Waals surface area contributed by atoms with Gasteiger partial charge in [-0.05, 0) is 24.2 Å². The minimum atomic E-state index is -0.232. The second-order valence-corrected chi connectivity index (χ2v) is 5.53. The van der Waals surface area contributed by atoms with Crippen LogP contribution in [0.3, 0.4) is 0 Å². The molecule has 5 nitrogen and oxygen atoms in total. The number of benzene rings is 1. The molecule has 0 aliphatic rings. The van der Waals surface area contributed by atoms with Crippen molar-refractivity contribution in [2.75, 3.05) is 19.7 Å². The molecule has 0 amide bonds. The van der Waals surface area contributed by atoms with Gasteiger partial charge in [0.2, 0.25) is 0 Å². The van der Waals surface area contributed by atoms with Crippen LogP contribution in [-0.2, 0) is 22.5 Å². The van der Waals surface area contributed by atoms with Gasteiger partial charge in [0.15, 0.2) is 0 Å². The van der Waals surface area contributed by atoms with Crippen LogP contribution in [0.2, 0.25) is 5.02 Å². The highest BCUT2D eigenvalue weighted by molar-refractivity contribution is 6.30. The highest BCUT2D eigenvalue weighted by Crippen LogP contribution is 2.11. The first-order valence-corrected chi connectivity index (χ1v) is 7.92. The van der Waals surface area contributed by atoms with Crippen LogP contribution in [0.15, 0.2) is 42.9 Å². The van der Waals surface area contributed by atoms with Gasteiger partial charge in [-0.2, -0.15) is 0 Å². The SMILES string of the molecule is CCN(CC(=O)OCCc1cnccn1)Cc1ccc(Cl)cc1. The van der Waals surface area contributed by atoms with E-state index in [2.05, 4.69) is 9.97 Å². The molecule has 1 aromatic heterocycles. The van der Waals surface area contributed by atoms with E-state index in [0.29, 0.717) is 24.6 Å². The third kappa shape index (κ3) is 6.34. The van der Waals surface area contributed by atoms with Gasteiger partial charge in [-0.3, -0.25) is 19.7 Å². The van der Waals surface area contributed by atoms with Crippen LogP contribution in [0.4, 0.5) is 0 Å². The Labute approximate surface area is 141 Å². The van der Waals surface area contributed by atoms with Crippen molar-refractivity contribution < 1.29 is 9.53 Å². The zero-order valence-corrected chi connectivity index (χ0v) is 13.9. The van der Waals surface area contributed by atoms with E-state index in [9.17, 15) is 4.79 Å². The summed E-state index contributed by atoms with van der Waals surface area (Å²) in [5.74, 6) is -0.232. The Balaban J connectivity index is 1.74. The monoisotopic (exact) mass is 333 g/mol. The summed E-state index contributed by atoms with van der Waals surface area (Å²) >= 11 is 5.88. The average Bonchev–Trinajstić information content (AvgIpc) is 2.57. The third-order valence-electron chi connectivity index (χ3n) is 3.36. The molecule has 2 rings (SSSR count). The van der Waals surface area contributed by atoms with Crippen molar-refractivity contribution >= 4 is 17.6 Å². The number of hydrogen-bond acceptors (Lipinski definition) is 5. The van der Waals surface area contributed by atoms with Gasteiger partial charge in [0.05, 0.1) is 18.8 Å². The normalized spacial score (nSPS) is 10.7. The number of hydrogen-bond donors (Lipinski definition) is 0. The number of carbonyl (C=O) groups excluding carboxylic acids is 1. The van der Waals surface area contributed by atoms with Gasteiger partial charge in [-0.25, -0.2) is 0 Å². The minimum Gasteiger partial charge on any atom is -0.464 e. The molecule has 0 saturated heterocycles. The van der Waals surface area contributed by atoms with Gasteiger partial charge in [-0.1, -0.05) is 30.7 Å². The first kappa shape index (κ1) is 17.4. The Morgan fingerprint density at radius 2 is 2.04 bits per heavy atom. The fourth-order valence-electron chi connectivity index (χ4n) is 2.08. The van der Waals surface area contributed by atoms with Crippen LogP contribution in [0.5, 0.6) is 0 Å². The molecule has 0 N–H and O–H groups in total. The maximum absolute atomic E-state index is 11.9. The number of halogens is 1. The number of esters is 1. The van der Waals surface area contributed by atoms with Gasteiger partial charge in [0.25, 0.3) is 0 Å². The first-order valence-electron chi connectivity index (χ1n) is 7.54. The van der Waals surface area contributed by atoms with E-state index in [4.69, 9.17) is 16.3 Å². The summed E-state index contributed by atoms with van der Waals surface area (Å²) < 4.78 is 5.27. The lowest BCUT2D eigenvalue weighted by Crippen LogP contribution is -2.30. The van der Waals surface area contributed by atoms with Crippen LogP contribution in [0, 0.1) is 0 Å². The van der Waals surface area contributed by atoms with Crippen molar-refractivity contribution in [3.8, 4) is 0 Å². The van der Waals surface area contributed by atoms with Crippen LogP contribution >= 0.6 is 11.6 Å². The molecule has 0 spiro atoms. The summed E-state index contributed by atoms with van der Waals surface area (Å²) in [6.45, 7) is 4.05. The predicted octanol–water partition coefficient (Wildman–Crippen LogP) is 2.74. The molecular weight excluding hydrogens is 314 g/mol. The summed E-state index contributed by atoms with van der Waals surface area (Å²) in [6, 6.07) is 7.63. The first-order chi connectivity index (χ1) is 11.2. The highest BCUT2D eigenvalue weighted by Gasteiger charge is 2.11. The molecule has 0 bridgehead atoms. The van der Waals surface area contributed by atoms with E-state index in [1.165, 1.54) is 0 Å². The molecule has 2 aromatic rings. The molecule has 0 aliphatic carbocycles. The third-order valence-corrected chi connectivity index (χ3v) is 3.61. The fourth-order valence-corrected chi connectivity index (χ4v) is 2.21. The molecule has 1 aromatic carbocycles. The molecule has 0 aliphatic heterocycles. The summed E-state index contributed by atoms with van der Waals surface area (Å²) in [7, 11) is 0. The maximum atomic E-state index is 11.9. The standard InChI is InChI=1S/C17H20ClN3O2/c1-2-21(12-14-3-5-15(18)6-4-14)13-17(22)23-10-7-16-11-19-8-9-20-16/h3-6,8-9,11H,2,7,10,12-13H2,1H3. The zero-order chi connectivity index (χ0) is 16.5. The van der Waals surface area contributed by atoms with Crippen molar-refractivity contribution in [2.24, 2.45) is 0 Å². The van der Waals surface area contributed by atoms with E-state index < -0.39 is 0 Å². The van der Waals surface area contributed by atoms with Crippen LogP contribution < -0.4 is 0 Å². The van der Waals surface area contributed by atoms with Crippen LogP contribution in [0.25, 0.3) is 0 Å². The maximum Gasteiger partial charge on any atom is 0.320 e. The summed E-state index contributed by atoms with van der Waals surface area (Å²) in [6.07, 6.45) is 5.49. The van der Waals surface area contributed by atoms with E-state index in [0.717, 1.165) is 17.8 Å². The van der Waals surface area contributed by atoms with Crippen molar-refractivity contribution in [3.05, 3.63) is 59.1 Å². The van der Waals surface area contributed by atoms with Gasteiger partial charge in [-0.15, -0.1) is 0 Å². The number of nitrogens with zero attached hydrogens (tertiary/aromatic N) is 3. The summed E-state index contributed by atoms with van der Waals surface area (Å²) in [5.41, 5.74) is 1.93. The van der Waals surface area contributed by atoms with Crippen LogP contribution in [0.1, 0.15) is 18.2 Å². The topological polar surface area (TPSA) is 55.3 Å².